The molecule has 3 atom stereocenters. The molecule has 0 spiro atoms. The summed E-state index contributed by atoms with van der Waals surface area (Å²) in [6.45, 7) is 5.21. The lowest BCUT2D eigenvalue weighted by Gasteiger charge is -2.19. The number of hydrogen-bond donors (Lipinski definition) is 0. The molecule has 1 aliphatic carbocycles. The van der Waals surface area contributed by atoms with E-state index in [9.17, 15) is 4.39 Å². The summed E-state index contributed by atoms with van der Waals surface area (Å²) in [6.07, 6.45) is 4.09. The second-order valence-electron chi connectivity index (χ2n) is 8.57. The zero-order chi connectivity index (χ0) is 21.4. The second kappa shape index (κ2) is 8.52. The van der Waals surface area contributed by atoms with E-state index in [-0.39, 0.29) is 11.9 Å². The number of benzene rings is 1. The number of fused-ring (bicyclic) bond motifs is 1. The number of hydrogen-bond acceptors (Lipinski definition) is 5. The van der Waals surface area contributed by atoms with Gasteiger partial charge in [0.2, 0.25) is 5.88 Å². The normalized spacial score (nSPS) is 23.1. The highest BCUT2D eigenvalue weighted by Crippen LogP contribution is 2.40. The molecule has 5 rings (SSSR count). The Morgan fingerprint density at radius 2 is 1.90 bits per heavy atom. The highest BCUT2D eigenvalue weighted by Gasteiger charge is 2.42. The van der Waals surface area contributed by atoms with Crippen LogP contribution in [0.15, 0.2) is 48.7 Å². The molecule has 31 heavy (non-hydrogen) atoms. The number of nitrogens with zero attached hydrogens (tertiary/aromatic N) is 4. The molecule has 2 aliphatic rings. The van der Waals surface area contributed by atoms with Gasteiger partial charge in [0.25, 0.3) is 0 Å². The lowest BCUT2D eigenvalue weighted by Crippen LogP contribution is -2.25. The Morgan fingerprint density at radius 3 is 2.61 bits per heavy atom. The van der Waals surface area contributed by atoms with Crippen LogP contribution < -0.4 is 4.74 Å². The van der Waals surface area contributed by atoms with Crippen molar-refractivity contribution in [3.8, 4) is 17.1 Å². The first kappa shape index (κ1) is 20.3. The molecular weight excluding hydrogens is 415 g/mol. The van der Waals surface area contributed by atoms with Gasteiger partial charge in [0.15, 0.2) is 0 Å². The van der Waals surface area contributed by atoms with E-state index in [0.717, 1.165) is 32.5 Å². The summed E-state index contributed by atoms with van der Waals surface area (Å²) < 4.78 is 19.6. The van der Waals surface area contributed by atoms with Crippen LogP contribution in [0.4, 0.5) is 4.39 Å². The maximum absolute atomic E-state index is 13.5. The lowest BCUT2D eigenvalue weighted by molar-refractivity contribution is 0.176. The number of ether oxygens (including phenoxy) is 1. The Kier molecular flexibility index (Phi) is 5.59. The maximum atomic E-state index is 13.5. The molecule has 0 unspecified atom stereocenters. The fourth-order valence-electron chi connectivity index (χ4n) is 4.85. The highest BCUT2D eigenvalue weighted by molar-refractivity contribution is 6.33. The van der Waals surface area contributed by atoms with Crippen LogP contribution in [0.1, 0.15) is 24.1 Å². The summed E-state index contributed by atoms with van der Waals surface area (Å²) in [6, 6.07) is 11.9. The minimum atomic E-state index is -0.355. The molecule has 0 N–H and O–H groups in total. The first-order chi connectivity index (χ1) is 15.0. The van der Waals surface area contributed by atoms with E-state index in [2.05, 4.69) is 33.1 Å². The van der Waals surface area contributed by atoms with Gasteiger partial charge in [0.05, 0.1) is 16.4 Å². The van der Waals surface area contributed by atoms with Gasteiger partial charge in [0.1, 0.15) is 11.9 Å². The third kappa shape index (κ3) is 4.41. The molecular formula is C24H24ClFN4O. The fourth-order valence-corrected chi connectivity index (χ4v) is 5.07. The summed E-state index contributed by atoms with van der Waals surface area (Å²) in [7, 11) is 0. The van der Waals surface area contributed by atoms with Crippen LogP contribution in [-0.2, 0) is 6.54 Å². The topological polar surface area (TPSA) is 51.1 Å². The molecule has 3 heterocycles. The zero-order valence-corrected chi connectivity index (χ0v) is 18.1. The molecule has 1 saturated heterocycles. The van der Waals surface area contributed by atoms with Gasteiger partial charge in [-0.25, -0.2) is 4.39 Å². The largest absolute Gasteiger partial charge is 0.473 e. The monoisotopic (exact) mass is 438 g/mol. The predicted molar refractivity (Wildman–Crippen MR) is 117 cm³/mol. The summed E-state index contributed by atoms with van der Waals surface area (Å²) >= 11 is 6.16. The minimum absolute atomic E-state index is 0.159. The second-order valence-corrected chi connectivity index (χ2v) is 8.98. The van der Waals surface area contributed by atoms with Gasteiger partial charge >= 0.3 is 0 Å². The maximum Gasteiger partial charge on any atom is 0.233 e. The third-order valence-electron chi connectivity index (χ3n) is 6.41. The van der Waals surface area contributed by atoms with Gasteiger partial charge in [-0.1, -0.05) is 17.7 Å². The van der Waals surface area contributed by atoms with Crippen molar-refractivity contribution in [3.63, 3.8) is 0 Å². The van der Waals surface area contributed by atoms with E-state index < -0.39 is 0 Å². The summed E-state index contributed by atoms with van der Waals surface area (Å²) in [5.74, 6) is 1.44. The van der Waals surface area contributed by atoms with Gasteiger partial charge < -0.3 is 4.74 Å². The molecule has 7 heteroatoms. The third-order valence-corrected chi connectivity index (χ3v) is 6.74. The summed E-state index contributed by atoms with van der Waals surface area (Å²) in [5, 5.41) is 8.83. The number of pyridine rings is 1. The van der Waals surface area contributed by atoms with Gasteiger partial charge in [-0.3, -0.25) is 9.88 Å². The summed E-state index contributed by atoms with van der Waals surface area (Å²) in [4.78, 5) is 7.05. The van der Waals surface area contributed by atoms with Crippen molar-refractivity contribution in [3.05, 3.63) is 70.8 Å². The van der Waals surface area contributed by atoms with E-state index in [1.165, 1.54) is 29.5 Å². The Hall–Kier alpha value is -2.57. The smallest absolute Gasteiger partial charge is 0.233 e. The molecule has 1 aromatic carbocycles. The number of halogens is 2. The van der Waals surface area contributed by atoms with Crippen molar-refractivity contribution in [2.75, 3.05) is 13.1 Å². The van der Waals surface area contributed by atoms with Crippen molar-refractivity contribution in [1.29, 1.82) is 0 Å². The van der Waals surface area contributed by atoms with E-state index in [1.807, 2.05) is 12.3 Å². The van der Waals surface area contributed by atoms with Crippen molar-refractivity contribution >= 4 is 11.6 Å². The molecule has 0 radical (unpaired) electrons. The van der Waals surface area contributed by atoms with E-state index in [1.54, 1.807) is 12.1 Å². The van der Waals surface area contributed by atoms with Gasteiger partial charge in [-0.2, -0.15) is 0 Å². The molecule has 0 bridgehead atoms. The standard InChI is InChI=1S/C24H24ClFN4O/c1-15-3-2-8-27-23(15)14-30-12-16-9-19(10-17(16)13-30)31-24-7-6-22(28-29-24)20-11-18(26)4-5-21(20)25/h2-8,11,16-17,19H,9-10,12-14H2,1H3/t16-,17+,19+. The van der Waals surface area contributed by atoms with Gasteiger partial charge in [-0.15, -0.1) is 10.2 Å². The molecule has 1 aliphatic heterocycles. The van der Waals surface area contributed by atoms with Crippen molar-refractivity contribution in [2.45, 2.75) is 32.4 Å². The number of aryl methyl sites for hydroxylation is 1. The zero-order valence-electron chi connectivity index (χ0n) is 17.3. The van der Waals surface area contributed by atoms with E-state index in [4.69, 9.17) is 16.3 Å². The van der Waals surface area contributed by atoms with Crippen molar-refractivity contribution < 1.29 is 9.13 Å². The van der Waals surface area contributed by atoms with Crippen LogP contribution in [0.5, 0.6) is 5.88 Å². The first-order valence-electron chi connectivity index (χ1n) is 10.6. The quantitative estimate of drug-likeness (QED) is 0.565. The van der Waals surface area contributed by atoms with Gasteiger partial charge in [0, 0.05) is 37.5 Å². The summed E-state index contributed by atoms with van der Waals surface area (Å²) in [5.41, 5.74) is 3.48. The average Bonchev–Trinajstić information content (AvgIpc) is 3.30. The Labute approximate surface area is 186 Å². The van der Waals surface area contributed by atoms with Crippen LogP contribution in [-0.4, -0.2) is 39.3 Å². The molecule has 1 saturated carbocycles. The van der Waals surface area contributed by atoms with E-state index >= 15 is 0 Å². The van der Waals surface area contributed by atoms with Crippen molar-refractivity contribution in [1.82, 2.24) is 20.1 Å². The van der Waals surface area contributed by atoms with Crippen LogP contribution in [0, 0.1) is 24.6 Å². The minimum Gasteiger partial charge on any atom is -0.473 e. The van der Waals surface area contributed by atoms with E-state index in [0.29, 0.717) is 34.0 Å². The Balaban J connectivity index is 1.17. The Morgan fingerprint density at radius 1 is 1.10 bits per heavy atom. The molecule has 2 aromatic heterocycles. The lowest BCUT2D eigenvalue weighted by atomic mass is 10.0. The molecule has 0 amide bonds. The number of rotatable bonds is 5. The molecule has 2 fully saturated rings. The number of aromatic nitrogens is 3. The predicted octanol–water partition coefficient (Wildman–Crippen LogP) is 4.93. The van der Waals surface area contributed by atoms with Gasteiger partial charge in [-0.05, 0) is 67.5 Å². The molecule has 5 nitrogen and oxygen atoms in total. The number of likely N-dealkylation sites (tertiary alicyclic amines) is 1. The van der Waals surface area contributed by atoms with Crippen LogP contribution in [0.25, 0.3) is 11.3 Å². The highest BCUT2D eigenvalue weighted by atomic mass is 35.5. The van der Waals surface area contributed by atoms with Crippen LogP contribution in [0.2, 0.25) is 5.02 Å². The van der Waals surface area contributed by atoms with Crippen LogP contribution >= 0.6 is 11.6 Å². The molecule has 3 aromatic rings. The first-order valence-corrected chi connectivity index (χ1v) is 11.0. The van der Waals surface area contributed by atoms with Crippen molar-refractivity contribution in [2.24, 2.45) is 11.8 Å². The Bertz CT molecular complexity index is 1060. The molecule has 160 valence electrons. The fraction of sp³-hybridized carbons (Fsp3) is 0.375. The SMILES string of the molecule is Cc1cccnc1CN1C[C@H]2C[C@H](Oc3ccc(-c4cc(F)ccc4Cl)nn3)C[C@H]2C1. The average molecular weight is 439 g/mol. The van der Waals surface area contributed by atoms with Crippen LogP contribution in [0.3, 0.4) is 0 Å².